The number of anilines is 6. The Kier molecular flexibility index (Phi) is 12.9. The normalized spacial score (nSPS) is 12.8. The van der Waals surface area contributed by atoms with Crippen molar-refractivity contribution in [2.24, 2.45) is 0 Å². The second-order valence-corrected chi connectivity index (χ2v) is 28.6. The molecular weight excluding hydrogens is 1300 g/mol. The first-order valence-electron chi connectivity index (χ1n) is 37.0. The SMILES string of the molecule is c1ccc(B2c3c(c4ccccc4n3-c3ccccc3)N(c3ccc4c(c3)oc3ccc(-c5ccc(B6c7c(c8ccccc8n7-c7ccccc7)N(c7ccc8c9ccccc9c9ccccc9c8c7)c7c6n(-c6ccccc6)c6ccccc76)cc5)cc34)c3c2n(-c2ccccc2)c2ccccc32)cc1. The van der Waals surface area contributed by atoms with E-state index in [9.17, 15) is 0 Å². The molecule has 0 unspecified atom stereocenters. The number of hydrogen-bond acceptors (Lipinski definition) is 3. The smallest absolute Gasteiger partial charge is 0.289 e. The van der Waals surface area contributed by atoms with Crippen LogP contribution in [0, 0.1) is 0 Å². The van der Waals surface area contributed by atoms with E-state index in [2.05, 4.69) is 404 Å². The Hall–Kier alpha value is -14.0. The molecule has 21 aromatic rings. The Morgan fingerprint density at radius 1 is 0.187 bits per heavy atom. The van der Waals surface area contributed by atoms with Gasteiger partial charge in [-0.05, 0) is 153 Å². The predicted molar refractivity (Wildman–Crippen MR) is 451 cm³/mol. The Labute approximate surface area is 617 Å². The van der Waals surface area contributed by atoms with Gasteiger partial charge in [0.2, 0.25) is 0 Å². The van der Waals surface area contributed by atoms with E-state index in [-0.39, 0.29) is 13.4 Å². The fourth-order valence-corrected chi connectivity index (χ4v) is 18.7. The number of fused-ring (bicyclic) bond motifs is 21. The first-order valence-corrected chi connectivity index (χ1v) is 37.0. The van der Waals surface area contributed by atoms with Crippen molar-refractivity contribution < 1.29 is 4.42 Å². The zero-order chi connectivity index (χ0) is 70.0. The standard InChI is InChI=1S/C98H62B2N6O/c1-6-28-65(29-7-1)99-95-93(81-44-22-26-48-87(81)101(95)67-30-8-2-9-31-67)106(94-82-45-23-27-49-88(82)102(96(94)99)68-32-10-3-11-33-68)72-56-58-78-84-60-64(52-59-89(84)107-90(78)62-72)63-50-53-66(54-51-63)100-97-91(79-42-20-24-46-85(79)103(97)69-34-12-4-13-35-69)105(92-80-43-21-25-47-86(80)104(98(92)100)70-36-14-5-15-37-70)71-55-57-77-75-40-17-16-38-73(75)74-39-18-19-41-76(74)83(77)61-71/h1-62H. The molecule has 5 aromatic heterocycles. The second-order valence-electron chi connectivity index (χ2n) is 28.6. The van der Waals surface area contributed by atoms with Crippen molar-refractivity contribution in [3.05, 3.63) is 376 Å². The average Bonchev–Trinajstić information content (AvgIpc) is 1.53. The highest BCUT2D eigenvalue weighted by molar-refractivity contribution is 6.99. The summed E-state index contributed by atoms with van der Waals surface area (Å²) < 4.78 is 17.3. The van der Waals surface area contributed by atoms with Crippen molar-refractivity contribution in [3.63, 3.8) is 0 Å². The average molecular weight is 1360 g/mol. The first kappa shape index (κ1) is 59.5. The summed E-state index contributed by atoms with van der Waals surface area (Å²) in [4.78, 5) is 5.17. The summed E-state index contributed by atoms with van der Waals surface area (Å²) in [6.07, 6.45) is 0. The fourth-order valence-electron chi connectivity index (χ4n) is 18.7. The van der Waals surface area contributed by atoms with E-state index < -0.39 is 0 Å². The van der Waals surface area contributed by atoms with Crippen LogP contribution in [0.4, 0.5) is 34.1 Å². The van der Waals surface area contributed by atoms with Gasteiger partial charge in [-0.2, -0.15) is 0 Å². The van der Waals surface area contributed by atoms with Crippen LogP contribution in [0.3, 0.4) is 0 Å². The summed E-state index contributed by atoms with van der Waals surface area (Å²) in [7, 11) is 0. The molecule has 107 heavy (non-hydrogen) atoms. The maximum Gasteiger partial charge on any atom is 0.289 e. The molecular formula is C98H62B2N6O. The molecule has 0 saturated carbocycles. The van der Waals surface area contributed by atoms with Crippen LogP contribution in [-0.4, -0.2) is 31.7 Å². The third-order valence-corrected chi connectivity index (χ3v) is 23.0. The van der Waals surface area contributed by atoms with Crippen LogP contribution in [0.5, 0.6) is 0 Å². The molecule has 0 saturated heterocycles. The van der Waals surface area contributed by atoms with Gasteiger partial charge < -0.3 is 32.5 Å². The number of aromatic nitrogens is 4. The van der Waals surface area contributed by atoms with Gasteiger partial charge in [0.25, 0.3) is 13.4 Å². The van der Waals surface area contributed by atoms with Gasteiger partial charge in [-0.25, -0.2) is 0 Å². The Morgan fingerprint density at radius 2 is 0.495 bits per heavy atom. The molecule has 7 heterocycles. The van der Waals surface area contributed by atoms with Crippen LogP contribution in [0.15, 0.2) is 381 Å². The summed E-state index contributed by atoms with van der Waals surface area (Å²) in [5, 5.41) is 14.3. The van der Waals surface area contributed by atoms with Gasteiger partial charge in [-0.15, -0.1) is 0 Å². The molecule has 9 heteroatoms. The molecule has 0 aliphatic carbocycles. The minimum atomic E-state index is -0.258. The summed E-state index contributed by atoms with van der Waals surface area (Å²) in [6.45, 7) is -0.430. The lowest BCUT2D eigenvalue weighted by Crippen LogP contribution is -2.60. The predicted octanol–water partition coefficient (Wildman–Crippen LogP) is 21.1. The van der Waals surface area contributed by atoms with Gasteiger partial charge in [0, 0.05) is 89.2 Å². The zero-order valence-corrected chi connectivity index (χ0v) is 58.0. The molecule has 23 rings (SSSR count). The molecule has 0 radical (unpaired) electrons. The zero-order valence-electron chi connectivity index (χ0n) is 58.0. The maximum absolute atomic E-state index is 7.13. The van der Waals surface area contributed by atoms with Crippen LogP contribution in [0.1, 0.15) is 0 Å². The number of nitrogens with zero attached hydrogens (tertiary/aromatic N) is 6. The van der Waals surface area contributed by atoms with Gasteiger partial charge in [-0.3, -0.25) is 0 Å². The van der Waals surface area contributed by atoms with Gasteiger partial charge in [-0.1, -0.05) is 272 Å². The molecule has 0 fully saturated rings. The number of benzene rings is 16. The van der Waals surface area contributed by atoms with E-state index >= 15 is 0 Å². The van der Waals surface area contributed by atoms with E-state index in [1.807, 2.05) is 0 Å². The van der Waals surface area contributed by atoms with Crippen LogP contribution >= 0.6 is 0 Å². The van der Waals surface area contributed by atoms with Crippen molar-refractivity contribution in [2.75, 3.05) is 9.80 Å². The number of rotatable bonds is 9. The second kappa shape index (κ2) is 23.2. The molecule has 0 bridgehead atoms. The van der Waals surface area contributed by atoms with Gasteiger partial charge in [0.05, 0.1) is 50.5 Å². The largest absolute Gasteiger partial charge is 0.456 e. The lowest BCUT2D eigenvalue weighted by molar-refractivity contribution is 0.669. The fraction of sp³-hybridized carbons (Fsp3) is 0. The molecule has 0 spiro atoms. The summed E-state index contributed by atoms with van der Waals surface area (Å²) in [5.74, 6) is 0. The van der Waals surface area contributed by atoms with E-state index in [1.165, 1.54) is 98.5 Å². The topological polar surface area (TPSA) is 39.3 Å². The van der Waals surface area contributed by atoms with Crippen LogP contribution in [0.25, 0.3) is 132 Å². The van der Waals surface area contributed by atoms with Crippen molar-refractivity contribution in [3.8, 4) is 33.9 Å². The molecule has 0 amide bonds. The van der Waals surface area contributed by atoms with Crippen LogP contribution in [0.2, 0.25) is 0 Å². The highest BCUT2D eigenvalue weighted by atomic mass is 16.3. The third-order valence-electron chi connectivity index (χ3n) is 23.0. The quantitative estimate of drug-likeness (QED) is 0.107. The molecule has 2 aliphatic heterocycles. The Bertz CT molecular complexity index is 6920. The van der Waals surface area contributed by atoms with Gasteiger partial charge >= 0.3 is 0 Å². The first-order chi connectivity index (χ1) is 53.2. The van der Waals surface area contributed by atoms with E-state index in [1.54, 1.807) is 0 Å². The van der Waals surface area contributed by atoms with Crippen LogP contribution < -0.4 is 43.1 Å². The van der Waals surface area contributed by atoms with Crippen molar-refractivity contribution in [1.29, 1.82) is 0 Å². The van der Waals surface area contributed by atoms with Crippen LogP contribution in [-0.2, 0) is 0 Å². The van der Waals surface area contributed by atoms with E-state index in [0.717, 1.165) is 101 Å². The monoisotopic (exact) mass is 1360 g/mol. The lowest BCUT2D eigenvalue weighted by atomic mass is 9.38. The number of furan rings is 1. The molecule has 16 aromatic carbocycles. The minimum Gasteiger partial charge on any atom is -0.456 e. The molecule has 0 atom stereocenters. The molecule has 2 aliphatic rings. The molecule has 7 nitrogen and oxygen atoms in total. The van der Waals surface area contributed by atoms with E-state index in [0.29, 0.717) is 0 Å². The third kappa shape index (κ3) is 8.68. The molecule has 496 valence electrons. The van der Waals surface area contributed by atoms with Crippen molar-refractivity contribution in [1.82, 2.24) is 18.3 Å². The highest BCUT2D eigenvalue weighted by Gasteiger charge is 2.47. The van der Waals surface area contributed by atoms with E-state index in [4.69, 9.17) is 4.42 Å². The Balaban J connectivity index is 0.709. The molecule has 0 N–H and O–H groups in total. The van der Waals surface area contributed by atoms with Gasteiger partial charge in [0.15, 0.2) is 0 Å². The lowest BCUT2D eigenvalue weighted by Gasteiger charge is -2.36. The minimum absolute atomic E-state index is 0.172. The maximum atomic E-state index is 7.13. The summed E-state index contributed by atoms with van der Waals surface area (Å²) in [5.41, 5.74) is 26.9. The summed E-state index contributed by atoms with van der Waals surface area (Å²) >= 11 is 0. The Morgan fingerprint density at radius 3 is 0.897 bits per heavy atom. The van der Waals surface area contributed by atoms with Crippen molar-refractivity contribution in [2.45, 2.75) is 0 Å². The van der Waals surface area contributed by atoms with Crippen molar-refractivity contribution >= 4 is 179 Å². The number of hydrogen-bond donors (Lipinski definition) is 0. The highest BCUT2D eigenvalue weighted by Crippen LogP contribution is 2.51. The number of para-hydroxylation sites is 8. The van der Waals surface area contributed by atoms with Gasteiger partial charge in [0.1, 0.15) is 11.2 Å². The summed E-state index contributed by atoms with van der Waals surface area (Å²) in [6, 6.07) is 139.